The number of nitrogens with zero attached hydrogens (tertiary/aromatic N) is 2. The largest absolute Gasteiger partial charge is 0.486 e. The maximum atomic E-state index is 10.9. The van der Waals surface area contributed by atoms with Gasteiger partial charge in [-0.15, -0.1) is 0 Å². The zero-order chi connectivity index (χ0) is 14.4. The fourth-order valence-electron chi connectivity index (χ4n) is 1.32. The molecular formula is C11H9IN2O5. The van der Waals surface area contributed by atoms with E-state index in [1.165, 1.54) is 6.07 Å². The summed E-state index contributed by atoms with van der Waals surface area (Å²) in [6.07, 6.45) is 0.184. The molecule has 1 aromatic carbocycles. The van der Waals surface area contributed by atoms with Gasteiger partial charge in [-0.05, 0) is 35.1 Å². The number of ether oxygens (including phenoxy) is 1. The molecule has 8 heteroatoms. The zero-order valence-electron chi connectivity index (χ0n) is 9.63. The van der Waals surface area contributed by atoms with Gasteiger partial charge in [-0.1, -0.05) is 0 Å². The molecule has 0 aliphatic carbocycles. The normalized spacial score (nSPS) is 9.68. The fraction of sp³-hybridized carbons (Fsp3) is 0.273. The minimum Gasteiger partial charge on any atom is -0.486 e. The molecule has 0 bridgehead atoms. The van der Waals surface area contributed by atoms with Gasteiger partial charge in [0.2, 0.25) is 5.75 Å². The van der Waals surface area contributed by atoms with Gasteiger partial charge < -0.3 is 9.84 Å². The van der Waals surface area contributed by atoms with Gasteiger partial charge >= 0.3 is 11.7 Å². The summed E-state index contributed by atoms with van der Waals surface area (Å²) in [5.74, 6) is -0.886. The summed E-state index contributed by atoms with van der Waals surface area (Å²) >= 11 is 1.84. The average molecular weight is 376 g/mol. The van der Waals surface area contributed by atoms with E-state index in [2.05, 4.69) is 0 Å². The third kappa shape index (κ3) is 4.36. The van der Waals surface area contributed by atoms with Crippen molar-refractivity contribution in [3.8, 4) is 11.8 Å². The van der Waals surface area contributed by atoms with Crippen LogP contribution in [-0.2, 0) is 4.79 Å². The molecule has 0 aliphatic rings. The van der Waals surface area contributed by atoms with Gasteiger partial charge in [0.05, 0.1) is 26.7 Å². The second-order valence-corrected chi connectivity index (χ2v) is 4.68. The molecule has 1 rings (SSSR count). The van der Waals surface area contributed by atoms with E-state index in [1.807, 2.05) is 28.7 Å². The van der Waals surface area contributed by atoms with Crippen molar-refractivity contribution in [2.24, 2.45) is 0 Å². The monoisotopic (exact) mass is 376 g/mol. The molecule has 0 aliphatic heterocycles. The number of nitro groups is 1. The van der Waals surface area contributed by atoms with Gasteiger partial charge in [-0.2, -0.15) is 5.26 Å². The van der Waals surface area contributed by atoms with Crippen molar-refractivity contribution in [3.63, 3.8) is 0 Å². The predicted octanol–water partition coefficient (Wildman–Crippen LogP) is 2.31. The fourth-order valence-corrected chi connectivity index (χ4v) is 2.09. The van der Waals surface area contributed by atoms with Crippen molar-refractivity contribution in [3.05, 3.63) is 31.4 Å². The number of carbonyl (C=O) groups is 1. The molecule has 0 spiro atoms. The quantitative estimate of drug-likeness (QED) is 0.353. The molecule has 0 unspecified atom stereocenters. The van der Waals surface area contributed by atoms with E-state index < -0.39 is 10.9 Å². The standard InChI is InChI=1S/C11H9IN2O5/c12-8-4-7(6-13)5-9(14(17)18)11(8)19-3-1-2-10(15)16/h4-5H,1-3H2,(H,15,16). The Bertz CT molecular complexity index is 553. The lowest BCUT2D eigenvalue weighted by atomic mass is 10.2. The van der Waals surface area contributed by atoms with Crippen LogP contribution in [-0.4, -0.2) is 22.6 Å². The Morgan fingerprint density at radius 2 is 2.26 bits per heavy atom. The number of aliphatic carboxylic acids is 1. The second kappa shape index (κ2) is 6.89. The summed E-state index contributed by atoms with van der Waals surface area (Å²) in [6.45, 7) is 0.0645. The minimum absolute atomic E-state index is 0.0645. The van der Waals surface area contributed by atoms with Crippen LogP contribution in [0.25, 0.3) is 0 Å². The number of nitriles is 1. The van der Waals surface area contributed by atoms with Crippen molar-refractivity contribution >= 4 is 34.2 Å². The van der Waals surface area contributed by atoms with Crippen LogP contribution in [0.1, 0.15) is 18.4 Å². The lowest BCUT2D eigenvalue weighted by molar-refractivity contribution is -0.386. The lowest BCUT2D eigenvalue weighted by Crippen LogP contribution is -2.05. The first-order valence-corrected chi connectivity index (χ1v) is 6.26. The topological polar surface area (TPSA) is 113 Å². The first-order chi connectivity index (χ1) is 8.95. The minimum atomic E-state index is -0.951. The first-order valence-electron chi connectivity index (χ1n) is 5.18. The Kier molecular flexibility index (Phi) is 5.50. The third-order valence-electron chi connectivity index (χ3n) is 2.13. The summed E-state index contributed by atoms with van der Waals surface area (Å²) in [5, 5.41) is 28.1. The molecular weight excluding hydrogens is 367 g/mol. The summed E-state index contributed by atoms with van der Waals surface area (Å²) < 4.78 is 5.70. The smallest absolute Gasteiger partial charge is 0.313 e. The van der Waals surface area contributed by atoms with Crippen LogP contribution >= 0.6 is 22.6 Å². The molecule has 19 heavy (non-hydrogen) atoms. The molecule has 100 valence electrons. The van der Waals surface area contributed by atoms with E-state index in [1.54, 1.807) is 0 Å². The zero-order valence-corrected chi connectivity index (χ0v) is 11.8. The summed E-state index contributed by atoms with van der Waals surface area (Å²) in [6, 6.07) is 4.44. The van der Waals surface area contributed by atoms with E-state index in [0.717, 1.165) is 6.07 Å². The maximum absolute atomic E-state index is 10.9. The molecule has 0 saturated heterocycles. The lowest BCUT2D eigenvalue weighted by Gasteiger charge is -2.08. The second-order valence-electron chi connectivity index (χ2n) is 3.52. The summed E-state index contributed by atoms with van der Waals surface area (Å²) in [7, 11) is 0. The molecule has 0 atom stereocenters. The van der Waals surface area contributed by atoms with Gasteiger partial charge in [0.15, 0.2) is 0 Å². The van der Waals surface area contributed by atoms with E-state index in [4.69, 9.17) is 15.1 Å². The first kappa shape index (κ1) is 15.2. The van der Waals surface area contributed by atoms with Crippen LogP contribution in [0.3, 0.4) is 0 Å². The molecule has 0 radical (unpaired) electrons. The highest BCUT2D eigenvalue weighted by molar-refractivity contribution is 14.1. The Labute approximate surface area is 122 Å². The van der Waals surface area contributed by atoms with Crippen LogP contribution in [0.15, 0.2) is 12.1 Å². The van der Waals surface area contributed by atoms with E-state index >= 15 is 0 Å². The van der Waals surface area contributed by atoms with Crippen LogP contribution < -0.4 is 4.74 Å². The number of nitro benzene ring substituents is 1. The molecule has 0 heterocycles. The number of halogens is 1. The Balaban J connectivity index is 2.90. The number of hydrogen-bond donors (Lipinski definition) is 1. The summed E-state index contributed by atoms with van der Waals surface area (Å²) in [4.78, 5) is 20.6. The van der Waals surface area contributed by atoms with Crippen LogP contribution in [0.5, 0.6) is 5.75 Å². The van der Waals surface area contributed by atoms with Crippen molar-refractivity contribution in [2.75, 3.05) is 6.61 Å². The van der Waals surface area contributed by atoms with Gasteiger partial charge in [-0.25, -0.2) is 0 Å². The van der Waals surface area contributed by atoms with Gasteiger partial charge in [0, 0.05) is 12.5 Å². The number of rotatable bonds is 6. The van der Waals surface area contributed by atoms with Crippen molar-refractivity contribution < 1.29 is 19.6 Å². The SMILES string of the molecule is N#Cc1cc(I)c(OCCCC(=O)O)c([N+](=O)[O-])c1. The molecule has 0 aromatic heterocycles. The van der Waals surface area contributed by atoms with Crippen LogP contribution in [0, 0.1) is 25.0 Å². The summed E-state index contributed by atoms with van der Waals surface area (Å²) in [5.41, 5.74) is -0.118. The third-order valence-corrected chi connectivity index (χ3v) is 2.93. The van der Waals surface area contributed by atoms with Gasteiger partial charge in [-0.3, -0.25) is 14.9 Å². The van der Waals surface area contributed by atoms with E-state index in [-0.39, 0.29) is 36.4 Å². The number of carboxylic acids is 1. The molecule has 1 N–H and O–H groups in total. The van der Waals surface area contributed by atoms with E-state index in [0.29, 0.717) is 3.57 Å². The van der Waals surface area contributed by atoms with E-state index in [9.17, 15) is 14.9 Å². The van der Waals surface area contributed by atoms with Crippen LogP contribution in [0.2, 0.25) is 0 Å². The molecule has 1 aromatic rings. The molecule has 0 amide bonds. The Hall–Kier alpha value is -1.89. The molecule has 7 nitrogen and oxygen atoms in total. The van der Waals surface area contributed by atoms with Crippen LogP contribution in [0.4, 0.5) is 5.69 Å². The average Bonchev–Trinajstić information content (AvgIpc) is 2.34. The highest BCUT2D eigenvalue weighted by atomic mass is 127. The number of hydrogen-bond acceptors (Lipinski definition) is 5. The number of carboxylic acid groups (broad SMARTS) is 1. The van der Waals surface area contributed by atoms with Crippen molar-refractivity contribution in [1.82, 2.24) is 0 Å². The molecule has 0 saturated carbocycles. The number of benzene rings is 1. The maximum Gasteiger partial charge on any atom is 0.313 e. The highest BCUT2D eigenvalue weighted by Crippen LogP contribution is 2.33. The van der Waals surface area contributed by atoms with Crippen molar-refractivity contribution in [2.45, 2.75) is 12.8 Å². The predicted molar refractivity (Wildman–Crippen MR) is 72.9 cm³/mol. The van der Waals surface area contributed by atoms with Gasteiger partial charge in [0.25, 0.3) is 0 Å². The highest BCUT2D eigenvalue weighted by Gasteiger charge is 2.20. The van der Waals surface area contributed by atoms with Crippen molar-refractivity contribution in [1.29, 1.82) is 5.26 Å². The molecule has 0 fully saturated rings. The van der Waals surface area contributed by atoms with Gasteiger partial charge in [0.1, 0.15) is 0 Å². The Morgan fingerprint density at radius 3 is 2.79 bits per heavy atom. The Morgan fingerprint density at radius 1 is 1.58 bits per heavy atom.